The number of hydrogen-bond donors (Lipinski definition) is 2. The number of thiazole rings is 1. The normalized spacial score (nSPS) is 15.2. The van der Waals surface area contributed by atoms with Crippen molar-refractivity contribution >= 4 is 45.1 Å². The lowest BCUT2D eigenvalue weighted by Gasteiger charge is -2.23. The minimum absolute atomic E-state index is 0.293. The van der Waals surface area contributed by atoms with E-state index in [1.165, 1.54) is 28.4 Å². The van der Waals surface area contributed by atoms with E-state index in [0.29, 0.717) is 48.9 Å². The van der Waals surface area contributed by atoms with Gasteiger partial charge in [0.25, 0.3) is 5.91 Å². The molecule has 1 aromatic carbocycles. The molecule has 37 heavy (non-hydrogen) atoms. The Morgan fingerprint density at radius 3 is 2.76 bits per heavy atom. The monoisotopic (exact) mass is 523 g/mol. The molecule has 0 bridgehead atoms. The Hall–Kier alpha value is -4.19. The first-order valence-electron chi connectivity index (χ1n) is 11.6. The van der Waals surface area contributed by atoms with Crippen LogP contribution in [0.1, 0.15) is 12.8 Å². The highest BCUT2D eigenvalue weighted by molar-refractivity contribution is 7.18. The lowest BCUT2D eigenvalue weighted by Crippen LogP contribution is -2.46. The lowest BCUT2D eigenvalue weighted by atomic mass is 10.2. The number of nitrogens with zero attached hydrogens (tertiary/aromatic N) is 5. The van der Waals surface area contributed by atoms with Gasteiger partial charge in [0.2, 0.25) is 5.91 Å². The van der Waals surface area contributed by atoms with Gasteiger partial charge in [0.15, 0.2) is 11.0 Å². The van der Waals surface area contributed by atoms with Crippen molar-refractivity contribution in [2.75, 3.05) is 18.4 Å². The number of nitrogens with one attached hydrogen (secondary N) is 2. The molecule has 3 aromatic heterocycles. The summed E-state index contributed by atoms with van der Waals surface area (Å²) in [4.78, 5) is 39.8. The predicted octanol–water partition coefficient (Wildman–Crippen LogP) is 4.03. The maximum absolute atomic E-state index is 13.3. The lowest BCUT2D eigenvalue weighted by molar-refractivity contribution is -0.136. The molecule has 2 amide bonds. The molecule has 1 saturated heterocycles. The molecule has 0 spiro atoms. The van der Waals surface area contributed by atoms with Crippen molar-refractivity contribution in [1.82, 2.24) is 29.7 Å². The molecule has 0 aliphatic carbocycles. The zero-order valence-electron chi connectivity index (χ0n) is 19.7. The van der Waals surface area contributed by atoms with Crippen LogP contribution < -0.4 is 10.6 Å². The Labute approximate surface area is 214 Å². The van der Waals surface area contributed by atoms with Gasteiger partial charge >= 0.3 is 0 Å². The summed E-state index contributed by atoms with van der Waals surface area (Å²) in [6.07, 6.45) is 6.15. The number of halogens is 2. The van der Waals surface area contributed by atoms with Crippen LogP contribution in [0.25, 0.3) is 21.5 Å². The van der Waals surface area contributed by atoms with Crippen LogP contribution in [0.3, 0.4) is 0 Å². The van der Waals surface area contributed by atoms with Gasteiger partial charge in [-0.2, -0.15) is 0 Å². The van der Waals surface area contributed by atoms with Crippen LogP contribution >= 0.6 is 11.3 Å². The minimum atomic E-state index is -1.06. The highest BCUT2D eigenvalue weighted by atomic mass is 32.1. The molecule has 1 atom stereocenters. The number of benzene rings is 1. The number of likely N-dealkylation sites (tertiary alicyclic amines) is 1. The van der Waals surface area contributed by atoms with Gasteiger partial charge in [-0.15, -0.1) is 0 Å². The molecule has 9 nitrogen and oxygen atoms in total. The third-order valence-electron chi connectivity index (χ3n) is 6.08. The number of rotatable bonds is 8. The van der Waals surface area contributed by atoms with Gasteiger partial charge in [-0.1, -0.05) is 30.0 Å². The second kappa shape index (κ2) is 10.4. The zero-order chi connectivity index (χ0) is 25.9. The third-order valence-corrected chi connectivity index (χ3v) is 7.04. The van der Waals surface area contributed by atoms with Crippen molar-refractivity contribution in [3.63, 3.8) is 0 Å². The first-order valence-corrected chi connectivity index (χ1v) is 12.4. The Balaban J connectivity index is 1.22. The van der Waals surface area contributed by atoms with E-state index in [9.17, 15) is 18.4 Å². The van der Waals surface area contributed by atoms with Crippen molar-refractivity contribution in [2.45, 2.75) is 25.4 Å². The zero-order valence-corrected chi connectivity index (χ0v) is 20.5. The van der Waals surface area contributed by atoms with E-state index in [4.69, 9.17) is 0 Å². The summed E-state index contributed by atoms with van der Waals surface area (Å²) < 4.78 is 28.4. The van der Waals surface area contributed by atoms with Crippen molar-refractivity contribution in [3.8, 4) is 10.4 Å². The number of aromatic nitrogens is 4. The Morgan fingerprint density at radius 2 is 1.97 bits per heavy atom. The number of imidazole rings is 1. The number of carbonyl (C=O) groups excluding carboxylic acids is 2. The number of hydrogen-bond acceptors (Lipinski definition) is 7. The smallest absolute Gasteiger partial charge is 0.282 e. The van der Waals surface area contributed by atoms with E-state index in [-0.39, 0.29) is 11.7 Å². The van der Waals surface area contributed by atoms with Crippen molar-refractivity contribution in [1.29, 1.82) is 0 Å². The molecule has 1 aliphatic rings. The number of fused-ring (bicyclic) bond motifs is 1. The van der Waals surface area contributed by atoms with Gasteiger partial charge in [0.1, 0.15) is 23.2 Å². The van der Waals surface area contributed by atoms with Crippen LogP contribution in [-0.2, 0) is 16.1 Å². The van der Waals surface area contributed by atoms with E-state index in [1.54, 1.807) is 30.9 Å². The molecule has 12 heteroatoms. The van der Waals surface area contributed by atoms with Crippen LogP contribution in [0.2, 0.25) is 0 Å². The van der Waals surface area contributed by atoms with Gasteiger partial charge in [0.05, 0.1) is 22.9 Å². The van der Waals surface area contributed by atoms with E-state index >= 15 is 0 Å². The van der Waals surface area contributed by atoms with Gasteiger partial charge in [-0.05, 0) is 30.5 Å². The van der Waals surface area contributed by atoms with E-state index in [2.05, 4.69) is 32.2 Å². The van der Waals surface area contributed by atoms with Crippen molar-refractivity contribution in [2.24, 2.45) is 0 Å². The quantitative estimate of drug-likeness (QED) is 0.338. The maximum atomic E-state index is 13.3. The number of carbonyl (C=O) groups is 2. The fraction of sp³-hybridized carbons (Fsp3) is 0.240. The third kappa shape index (κ3) is 5.33. The molecule has 0 saturated carbocycles. The van der Waals surface area contributed by atoms with Crippen molar-refractivity contribution in [3.05, 3.63) is 67.3 Å². The topological polar surface area (TPSA) is 105 Å². The molecule has 2 N–H and O–H groups in total. The summed E-state index contributed by atoms with van der Waals surface area (Å²) in [5, 5.41) is 6.65. The average molecular weight is 524 g/mol. The Kier molecular flexibility index (Phi) is 6.91. The predicted molar refractivity (Wildman–Crippen MR) is 136 cm³/mol. The van der Waals surface area contributed by atoms with Crippen LogP contribution in [0.15, 0.2) is 61.5 Å². The van der Waals surface area contributed by atoms with Crippen LogP contribution in [0, 0.1) is 5.82 Å². The fourth-order valence-corrected chi connectivity index (χ4v) is 5.08. The summed E-state index contributed by atoms with van der Waals surface area (Å²) in [6, 6.07) is 7.37. The summed E-state index contributed by atoms with van der Waals surface area (Å²) in [7, 11) is 0. The molecular weight excluding hydrogens is 500 g/mol. The van der Waals surface area contributed by atoms with Gasteiger partial charge in [0, 0.05) is 31.9 Å². The summed E-state index contributed by atoms with van der Waals surface area (Å²) >= 11 is 1.42. The van der Waals surface area contributed by atoms with Gasteiger partial charge < -0.3 is 20.1 Å². The molecule has 0 unspecified atom stereocenters. The average Bonchev–Trinajstić information content (AvgIpc) is 3.64. The summed E-state index contributed by atoms with van der Waals surface area (Å²) in [5.41, 5.74) is 2.38. The summed E-state index contributed by atoms with van der Waals surface area (Å²) in [5.74, 6) is -1.94. The maximum Gasteiger partial charge on any atom is 0.282 e. The number of anilines is 2. The van der Waals surface area contributed by atoms with Gasteiger partial charge in [-0.3, -0.25) is 9.59 Å². The van der Waals surface area contributed by atoms with Crippen LogP contribution in [-0.4, -0.2) is 55.4 Å². The molecule has 5 rings (SSSR count). The highest BCUT2D eigenvalue weighted by Gasteiger charge is 2.34. The van der Waals surface area contributed by atoms with Crippen LogP contribution in [0.5, 0.6) is 0 Å². The molecule has 0 radical (unpaired) electrons. The Bertz CT molecular complexity index is 1470. The second-order valence-electron chi connectivity index (χ2n) is 8.51. The second-order valence-corrected chi connectivity index (χ2v) is 9.54. The van der Waals surface area contributed by atoms with Gasteiger partial charge in [-0.25, -0.2) is 23.7 Å². The first-order chi connectivity index (χ1) is 17.9. The molecule has 4 heterocycles. The summed E-state index contributed by atoms with van der Waals surface area (Å²) in [6.45, 7) is 4.12. The molecular formula is C25H23F2N7O2S. The molecule has 190 valence electrons. The van der Waals surface area contributed by atoms with Crippen molar-refractivity contribution < 1.29 is 18.4 Å². The molecule has 4 aromatic rings. The SMILES string of the molecule is C=C(F)C(=O)N1CCC[C@H]1C(=O)NCCn1cnc2cnc(Nc3ncc(-c4ccc(F)cc4)s3)cc21. The molecule has 1 fully saturated rings. The first kappa shape index (κ1) is 24.5. The van der Waals surface area contributed by atoms with E-state index in [0.717, 1.165) is 16.0 Å². The number of amides is 2. The van der Waals surface area contributed by atoms with E-state index < -0.39 is 17.8 Å². The highest BCUT2D eigenvalue weighted by Crippen LogP contribution is 2.31. The standard InChI is InChI=1S/C25H23F2N7O2S/c1-15(26)24(36)34-9-2-3-19(34)23(35)28-8-10-33-14-31-18-12-29-22(11-20(18)33)32-25-30-13-21(37-25)16-4-6-17(27)7-5-16/h4-7,11-14,19H,1-3,8-10H2,(H,28,35)(H,29,30,32)/t19-/m0/s1. The fourth-order valence-electron chi connectivity index (χ4n) is 4.25. The molecule has 1 aliphatic heterocycles. The number of pyridine rings is 1. The van der Waals surface area contributed by atoms with E-state index in [1.807, 2.05) is 10.6 Å². The Morgan fingerprint density at radius 1 is 1.16 bits per heavy atom. The largest absolute Gasteiger partial charge is 0.353 e. The minimum Gasteiger partial charge on any atom is -0.353 e. The van der Waals surface area contributed by atoms with Crippen LogP contribution in [0.4, 0.5) is 19.7 Å².